The Balaban J connectivity index is 1.57. The van der Waals surface area contributed by atoms with Gasteiger partial charge in [-0.05, 0) is 76.5 Å². The molecule has 2 heteroatoms. The molecule has 2 nitrogen and oxygen atoms in total. The minimum absolute atomic E-state index is 0.831. The van der Waals surface area contributed by atoms with Gasteiger partial charge in [-0.1, -0.05) is 26.7 Å². The Morgan fingerprint density at radius 2 is 1.58 bits per heavy atom. The maximum atomic E-state index is 3.87. The van der Waals surface area contributed by atoms with Crippen LogP contribution in [0.1, 0.15) is 65.2 Å². The van der Waals surface area contributed by atoms with Crippen LogP contribution in [0.4, 0.5) is 0 Å². The molecular weight excluding hydrogens is 232 g/mol. The average molecular weight is 266 g/mol. The number of likely N-dealkylation sites (tertiary alicyclic amines) is 1. The maximum absolute atomic E-state index is 3.87. The monoisotopic (exact) mass is 266 g/mol. The van der Waals surface area contributed by atoms with E-state index in [1.807, 2.05) is 0 Å². The van der Waals surface area contributed by atoms with E-state index in [2.05, 4.69) is 24.1 Å². The molecule has 1 saturated heterocycles. The van der Waals surface area contributed by atoms with Gasteiger partial charge in [0.05, 0.1) is 0 Å². The van der Waals surface area contributed by atoms with Crippen LogP contribution in [0, 0.1) is 11.8 Å². The van der Waals surface area contributed by atoms with Crippen molar-refractivity contribution in [1.29, 1.82) is 0 Å². The van der Waals surface area contributed by atoms with Crippen LogP contribution in [0.25, 0.3) is 0 Å². The van der Waals surface area contributed by atoms with Crippen molar-refractivity contribution in [3.05, 3.63) is 0 Å². The lowest BCUT2D eigenvalue weighted by Gasteiger charge is -2.34. The van der Waals surface area contributed by atoms with E-state index < -0.39 is 0 Å². The molecule has 2 rings (SSSR count). The van der Waals surface area contributed by atoms with E-state index in [-0.39, 0.29) is 0 Å². The van der Waals surface area contributed by atoms with E-state index in [1.165, 1.54) is 77.5 Å². The van der Waals surface area contributed by atoms with Gasteiger partial charge in [0.2, 0.25) is 0 Å². The third kappa shape index (κ3) is 5.07. The van der Waals surface area contributed by atoms with Crippen molar-refractivity contribution >= 4 is 0 Å². The van der Waals surface area contributed by atoms with Gasteiger partial charge < -0.3 is 10.2 Å². The Kier molecular flexibility index (Phi) is 6.66. The lowest BCUT2D eigenvalue weighted by atomic mass is 9.83. The van der Waals surface area contributed by atoms with Crippen LogP contribution in [0.5, 0.6) is 0 Å². The van der Waals surface area contributed by atoms with Crippen molar-refractivity contribution in [2.24, 2.45) is 11.8 Å². The average Bonchev–Trinajstić information content (AvgIpc) is 2.47. The SMILES string of the molecule is CCCC1CCC(NCC2CCN(CC)CC2)CC1. The summed E-state index contributed by atoms with van der Waals surface area (Å²) in [5, 5.41) is 3.87. The van der Waals surface area contributed by atoms with Gasteiger partial charge in [0.15, 0.2) is 0 Å². The lowest BCUT2D eigenvalue weighted by molar-refractivity contribution is 0.182. The summed E-state index contributed by atoms with van der Waals surface area (Å²) in [4.78, 5) is 2.59. The summed E-state index contributed by atoms with van der Waals surface area (Å²) in [7, 11) is 0. The Morgan fingerprint density at radius 3 is 2.16 bits per heavy atom. The number of hydrogen-bond acceptors (Lipinski definition) is 2. The Bertz CT molecular complexity index is 225. The van der Waals surface area contributed by atoms with Crippen LogP contribution in [-0.2, 0) is 0 Å². The van der Waals surface area contributed by atoms with E-state index in [9.17, 15) is 0 Å². The zero-order valence-corrected chi connectivity index (χ0v) is 13.2. The summed E-state index contributed by atoms with van der Waals surface area (Å²) in [6.45, 7) is 9.78. The van der Waals surface area contributed by atoms with E-state index in [4.69, 9.17) is 0 Å². The second-order valence-corrected chi connectivity index (χ2v) is 6.79. The molecule has 0 aromatic carbocycles. The molecule has 0 aromatic heterocycles. The summed E-state index contributed by atoms with van der Waals surface area (Å²) in [6.07, 6.45) is 11.5. The van der Waals surface area contributed by atoms with Gasteiger partial charge in [-0.2, -0.15) is 0 Å². The van der Waals surface area contributed by atoms with Gasteiger partial charge in [0, 0.05) is 6.04 Å². The highest BCUT2D eigenvalue weighted by atomic mass is 15.1. The Labute approximate surface area is 120 Å². The van der Waals surface area contributed by atoms with E-state index >= 15 is 0 Å². The van der Waals surface area contributed by atoms with Gasteiger partial charge in [-0.15, -0.1) is 0 Å². The molecule has 0 bridgehead atoms. The van der Waals surface area contributed by atoms with Crippen molar-refractivity contribution in [2.75, 3.05) is 26.2 Å². The number of piperidine rings is 1. The highest BCUT2D eigenvalue weighted by molar-refractivity contribution is 4.80. The second-order valence-electron chi connectivity index (χ2n) is 6.79. The predicted octanol–water partition coefficient (Wildman–Crippen LogP) is 3.67. The molecule has 0 spiro atoms. The first kappa shape index (κ1) is 15.3. The third-order valence-corrected chi connectivity index (χ3v) is 5.39. The molecule has 19 heavy (non-hydrogen) atoms. The van der Waals surface area contributed by atoms with Crippen LogP contribution < -0.4 is 5.32 Å². The molecule has 1 N–H and O–H groups in total. The molecule has 1 aliphatic heterocycles. The van der Waals surface area contributed by atoms with Gasteiger partial charge in [0.1, 0.15) is 0 Å². The zero-order chi connectivity index (χ0) is 13.5. The molecule has 112 valence electrons. The summed E-state index contributed by atoms with van der Waals surface area (Å²) in [5.74, 6) is 1.98. The zero-order valence-electron chi connectivity index (χ0n) is 13.2. The standard InChI is InChI=1S/C17H34N2/c1-3-5-15-6-8-17(9-7-15)18-14-16-10-12-19(4-2)13-11-16/h15-18H,3-14H2,1-2H3. The van der Waals surface area contributed by atoms with Gasteiger partial charge in [-0.3, -0.25) is 0 Å². The predicted molar refractivity (Wildman–Crippen MR) is 83.5 cm³/mol. The quantitative estimate of drug-likeness (QED) is 0.789. The largest absolute Gasteiger partial charge is 0.314 e. The first-order chi connectivity index (χ1) is 9.31. The molecule has 0 radical (unpaired) electrons. The summed E-state index contributed by atoms with van der Waals surface area (Å²) in [5.41, 5.74) is 0. The molecular formula is C17H34N2. The Morgan fingerprint density at radius 1 is 0.895 bits per heavy atom. The van der Waals surface area contributed by atoms with Gasteiger partial charge in [0.25, 0.3) is 0 Å². The highest BCUT2D eigenvalue weighted by Crippen LogP contribution is 2.28. The number of rotatable bonds is 6. The minimum Gasteiger partial charge on any atom is -0.314 e. The fourth-order valence-corrected chi connectivity index (χ4v) is 3.90. The first-order valence-electron chi connectivity index (χ1n) is 8.77. The molecule has 1 aliphatic carbocycles. The fourth-order valence-electron chi connectivity index (χ4n) is 3.90. The van der Waals surface area contributed by atoms with Gasteiger partial charge >= 0.3 is 0 Å². The van der Waals surface area contributed by atoms with Crippen molar-refractivity contribution in [2.45, 2.75) is 71.3 Å². The van der Waals surface area contributed by atoms with Crippen molar-refractivity contribution in [3.63, 3.8) is 0 Å². The molecule has 2 fully saturated rings. The third-order valence-electron chi connectivity index (χ3n) is 5.39. The second kappa shape index (κ2) is 8.26. The van der Waals surface area contributed by atoms with Crippen LogP contribution in [0.2, 0.25) is 0 Å². The lowest BCUT2D eigenvalue weighted by Crippen LogP contribution is -2.40. The first-order valence-corrected chi connectivity index (χ1v) is 8.77. The molecule has 1 heterocycles. The number of nitrogens with one attached hydrogen (secondary N) is 1. The summed E-state index contributed by atoms with van der Waals surface area (Å²) in [6, 6.07) is 0.831. The Hall–Kier alpha value is -0.0800. The molecule has 0 aromatic rings. The van der Waals surface area contributed by atoms with Crippen molar-refractivity contribution < 1.29 is 0 Å². The normalized spacial score (nSPS) is 30.6. The molecule has 2 aliphatic rings. The van der Waals surface area contributed by atoms with Crippen LogP contribution in [-0.4, -0.2) is 37.1 Å². The summed E-state index contributed by atoms with van der Waals surface area (Å²) >= 11 is 0. The number of nitrogens with zero attached hydrogens (tertiary/aromatic N) is 1. The van der Waals surface area contributed by atoms with Crippen LogP contribution in [0.3, 0.4) is 0 Å². The molecule has 0 atom stereocenters. The van der Waals surface area contributed by atoms with Crippen LogP contribution in [0.15, 0.2) is 0 Å². The summed E-state index contributed by atoms with van der Waals surface area (Å²) < 4.78 is 0. The fraction of sp³-hybridized carbons (Fsp3) is 1.00. The van der Waals surface area contributed by atoms with Crippen molar-refractivity contribution in [3.8, 4) is 0 Å². The smallest absolute Gasteiger partial charge is 0.00673 e. The molecule has 0 unspecified atom stereocenters. The topological polar surface area (TPSA) is 15.3 Å². The minimum atomic E-state index is 0.831. The maximum Gasteiger partial charge on any atom is 0.00673 e. The van der Waals surface area contributed by atoms with E-state index in [0.29, 0.717) is 0 Å². The molecule has 0 amide bonds. The van der Waals surface area contributed by atoms with Gasteiger partial charge in [-0.25, -0.2) is 0 Å². The molecule has 1 saturated carbocycles. The van der Waals surface area contributed by atoms with Crippen LogP contribution >= 0.6 is 0 Å². The van der Waals surface area contributed by atoms with Crippen molar-refractivity contribution in [1.82, 2.24) is 10.2 Å². The van der Waals surface area contributed by atoms with E-state index in [1.54, 1.807) is 0 Å². The number of hydrogen-bond donors (Lipinski definition) is 1. The highest BCUT2D eigenvalue weighted by Gasteiger charge is 2.22. The van der Waals surface area contributed by atoms with E-state index in [0.717, 1.165) is 17.9 Å².